The molecule has 3 amide bonds. The van der Waals surface area contributed by atoms with Crippen molar-refractivity contribution in [3.63, 3.8) is 0 Å². The lowest BCUT2D eigenvalue weighted by molar-refractivity contribution is -0.122. The summed E-state index contributed by atoms with van der Waals surface area (Å²) in [5.74, 6) is -0.312. The Kier molecular flexibility index (Phi) is 6.97. The molecule has 3 aromatic rings. The zero-order chi connectivity index (χ0) is 25.1. The minimum Gasteiger partial charge on any atom is -0.445 e. The molecular formula is C26H26N4O5S. The highest BCUT2D eigenvalue weighted by Gasteiger charge is 2.43. The second-order valence-electron chi connectivity index (χ2n) is 8.90. The number of hydrogen-bond acceptors (Lipinski definition) is 7. The van der Waals surface area contributed by atoms with Gasteiger partial charge >= 0.3 is 6.09 Å². The summed E-state index contributed by atoms with van der Waals surface area (Å²) in [6.07, 6.45) is 2.00. The van der Waals surface area contributed by atoms with E-state index in [1.54, 1.807) is 35.8 Å². The summed E-state index contributed by atoms with van der Waals surface area (Å²) in [6.45, 7) is 0.0687. The van der Waals surface area contributed by atoms with Gasteiger partial charge in [-0.25, -0.2) is 9.78 Å². The Morgan fingerprint density at radius 2 is 1.86 bits per heavy atom. The van der Waals surface area contributed by atoms with Crippen molar-refractivity contribution in [2.24, 2.45) is 5.92 Å². The Morgan fingerprint density at radius 1 is 1.11 bits per heavy atom. The lowest BCUT2D eigenvalue weighted by Gasteiger charge is -2.28. The zero-order valence-corrected chi connectivity index (χ0v) is 20.3. The molecule has 2 aliphatic rings. The molecule has 5 rings (SSSR count). The van der Waals surface area contributed by atoms with E-state index in [2.05, 4.69) is 10.3 Å². The van der Waals surface area contributed by atoms with E-state index in [9.17, 15) is 19.5 Å². The van der Waals surface area contributed by atoms with E-state index in [-0.39, 0.29) is 31.4 Å². The highest BCUT2D eigenvalue weighted by Crippen LogP contribution is 2.33. The van der Waals surface area contributed by atoms with Crippen molar-refractivity contribution in [2.75, 3.05) is 16.8 Å². The average molecular weight is 507 g/mol. The quantitative estimate of drug-likeness (QED) is 0.502. The Labute approximate surface area is 212 Å². The third-order valence-electron chi connectivity index (χ3n) is 6.18. The van der Waals surface area contributed by atoms with Gasteiger partial charge in [-0.3, -0.25) is 19.4 Å². The van der Waals surface area contributed by atoms with Gasteiger partial charge in [0.15, 0.2) is 5.13 Å². The van der Waals surface area contributed by atoms with Crippen LogP contribution in [-0.4, -0.2) is 51.6 Å². The first-order valence-corrected chi connectivity index (χ1v) is 12.7. The van der Waals surface area contributed by atoms with Crippen LogP contribution in [0.15, 0.2) is 66.2 Å². The number of aliphatic hydroxyl groups is 1. The number of carbonyl (C=O) groups excluding carboxylic acids is 3. The van der Waals surface area contributed by atoms with Crippen LogP contribution in [0.5, 0.6) is 0 Å². The maximum Gasteiger partial charge on any atom is 0.410 e. The molecule has 10 heteroatoms. The Bertz CT molecular complexity index is 1210. The summed E-state index contributed by atoms with van der Waals surface area (Å²) in [5.41, 5.74) is 2.01. The predicted molar refractivity (Wildman–Crippen MR) is 135 cm³/mol. The molecule has 2 unspecified atom stereocenters. The van der Waals surface area contributed by atoms with E-state index >= 15 is 0 Å². The fourth-order valence-electron chi connectivity index (χ4n) is 4.14. The second kappa shape index (κ2) is 10.5. The van der Waals surface area contributed by atoms with Crippen LogP contribution in [0.2, 0.25) is 0 Å². The van der Waals surface area contributed by atoms with E-state index < -0.39 is 24.1 Å². The first-order chi connectivity index (χ1) is 17.5. The predicted octanol–water partition coefficient (Wildman–Crippen LogP) is 3.93. The number of likely N-dealkylation sites (tertiary alicyclic amines) is 1. The number of aliphatic hydroxyl groups excluding tert-OH is 1. The van der Waals surface area contributed by atoms with Gasteiger partial charge in [0.05, 0.1) is 18.3 Å². The van der Waals surface area contributed by atoms with Crippen molar-refractivity contribution in [2.45, 2.75) is 38.0 Å². The molecule has 1 aliphatic heterocycles. The fourth-order valence-corrected chi connectivity index (χ4v) is 4.81. The molecule has 0 spiro atoms. The van der Waals surface area contributed by atoms with Gasteiger partial charge in [-0.2, -0.15) is 0 Å². The molecule has 0 radical (unpaired) electrons. The van der Waals surface area contributed by atoms with E-state index in [0.29, 0.717) is 16.5 Å². The number of hydrogen-bond donors (Lipinski definition) is 2. The number of rotatable bonds is 7. The summed E-state index contributed by atoms with van der Waals surface area (Å²) >= 11 is 1.29. The molecule has 1 aliphatic carbocycles. The van der Waals surface area contributed by atoms with E-state index in [1.165, 1.54) is 21.1 Å². The monoisotopic (exact) mass is 506 g/mol. The SMILES string of the molecule is O=C(Nc1ccc(N(C(=O)C2CC(O)CN2C(=O)OCc2ccccc2)c2nccs2)cc1)C1CC1. The van der Waals surface area contributed by atoms with E-state index in [1.807, 2.05) is 30.3 Å². The molecule has 1 saturated heterocycles. The number of nitrogens with zero attached hydrogens (tertiary/aromatic N) is 3. The van der Waals surface area contributed by atoms with Crippen LogP contribution in [0, 0.1) is 5.92 Å². The molecule has 9 nitrogen and oxygen atoms in total. The van der Waals surface area contributed by atoms with Crippen molar-refractivity contribution in [3.05, 3.63) is 71.7 Å². The van der Waals surface area contributed by atoms with Crippen LogP contribution < -0.4 is 10.2 Å². The Morgan fingerprint density at radius 3 is 2.53 bits per heavy atom. The first-order valence-electron chi connectivity index (χ1n) is 11.8. The largest absolute Gasteiger partial charge is 0.445 e. The van der Waals surface area contributed by atoms with Gasteiger partial charge in [0.1, 0.15) is 12.6 Å². The van der Waals surface area contributed by atoms with Crippen molar-refractivity contribution >= 4 is 45.8 Å². The van der Waals surface area contributed by atoms with Crippen molar-refractivity contribution in [3.8, 4) is 0 Å². The van der Waals surface area contributed by atoms with Crippen LogP contribution in [0.25, 0.3) is 0 Å². The van der Waals surface area contributed by atoms with Gasteiger partial charge in [0.25, 0.3) is 5.91 Å². The minimum absolute atomic E-state index is 0.000191. The summed E-state index contributed by atoms with van der Waals surface area (Å²) in [4.78, 5) is 45.8. The number of nitrogens with one attached hydrogen (secondary N) is 1. The zero-order valence-electron chi connectivity index (χ0n) is 19.4. The van der Waals surface area contributed by atoms with Gasteiger partial charge < -0.3 is 15.2 Å². The fraction of sp³-hybridized carbons (Fsp3) is 0.308. The van der Waals surface area contributed by atoms with Gasteiger partial charge in [-0.1, -0.05) is 30.3 Å². The van der Waals surface area contributed by atoms with E-state index in [4.69, 9.17) is 4.74 Å². The maximum atomic E-state index is 13.8. The highest BCUT2D eigenvalue weighted by atomic mass is 32.1. The number of amides is 3. The van der Waals surface area contributed by atoms with Gasteiger partial charge in [-0.15, -0.1) is 11.3 Å². The third kappa shape index (κ3) is 5.39. The first kappa shape index (κ1) is 24.0. The smallest absolute Gasteiger partial charge is 0.410 e. The van der Waals surface area contributed by atoms with Gasteiger partial charge in [-0.05, 0) is 42.7 Å². The van der Waals surface area contributed by atoms with Crippen LogP contribution >= 0.6 is 11.3 Å². The third-order valence-corrected chi connectivity index (χ3v) is 6.93. The standard InChI is InChI=1S/C26H26N4O5S/c31-21-14-22(29(15-21)26(34)35-16-17-4-2-1-3-5-17)24(33)30(25-27-12-13-36-25)20-10-8-19(9-11-20)28-23(32)18-6-7-18/h1-5,8-13,18,21-22,31H,6-7,14-16H2,(H,28,32). The number of β-amino-alcohol motifs (C(OH)–C–C–N with tert-alkyl or cyclic N) is 1. The molecule has 0 bridgehead atoms. The van der Waals surface area contributed by atoms with Crippen molar-refractivity contribution in [1.82, 2.24) is 9.88 Å². The van der Waals surface area contributed by atoms with Gasteiger partial charge in [0.2, 0.25) is 5.91 Å². The minimum atomic E-state index is -0.915. The molecule has 2 N–H and O–H groups in total. The average Bonchev–Trinajstić information content (AvgIpc) is 3.47. The molecule has 2 heterocycles. The van der Waals surface area contributed by atoms with E-state index in [0.717, 1.165) is 18.4 Å². The normalized spacial score (nSPS) is 19.1. The molecule has 186 valence electrons. The lowest BCUT2D eigenvalue weighted by atomic mass is 10.1. The topological polar surface area (TPSA) is 112 Å². The lowest BCUT2D eigenvalue weighted by Crippen LogP contribution is -2.46. The number of ether oxygens (including phenoxy) is 1. The summed E-state index contributed by atoms with van der Waals surface area (Å²) < 4.78 is 5.45. The van der Waals surface area contributed by atoms with Crippen molar-refractivity contribution in [1.29, 1.82) is 0 Å². The Balaban J connectivity index is 1.34. The molecule has 2 aromatic carbocycles. The van der Waals surface area contributed by atoms with Crippen LogP contribution in [0.4, 0.5) is 21.3 Å². The van der Waals surface area contributed by atoms with Crippen LogP contribution in [0.3, 0.4) is 0 Å². The highest BCUT2D eigenvalue weighted by molar-refractivity contribution is 7.13. The summed E-state index contributed by atoms with van der Waals surface area (Å²) in [5, 5.41) is 15.4. The number of aromatic nitrogens is 1. The van der Waals surface area contributed by atoms with Crippen molar-refractivity contribution < 1.29 is 24.2 Å². The molecule has 36 heavy (non-hydrogen) atoms. The number of anilines is 3. The summed E-state index contributed by atoms with van der Waals surface area (Å²) in [6, 6.07) is 15.3. The molecule has 1 aromatic heterocycles. The maximum absolute atomic E-state index is 13.8. The van der Waals surface area contributed by atoms with Crippen LogP contribution in [0.1, 0.15) is 24.8 Å². The summed E-state index contributed by atoms with van der Waals surface area (Å²) in [7, 11) is 0. The number of carbonyl (C=O) groups is 3. The Hall–Kier alpha value is -3.76. The molecular weight excluding hydrogens is 480 g/mol. The molecule has 2 atom stereocenters. The molecule has 2 fully saturated rings. The van der Waals surface area contributed by atoms with Crippen LogP contribution in [-0.2, 0) is 20.9 Å². The number of benzene rings is 2. The van der Waals surface area contributed by atoms with Gasteiger partial charge in [0, 0.05) is 29.6 Å². The molecule has 1 saturated carbocycles. The second-order valence-corrected chi connectivity index (χ2v) is 9.77. The number of thiazole rings is 1.